The maximum Gasteiger partial charge on any atom is 0.394 e. The van der Waals surface area contributed by atoms with Crippen LogP contribution in [0.3, 0.4) is 0 Å². The van der Waals surface area contributed by atoms with Crippen molar-refractivity contribution in [1.82, 2.24) is 19.9 Å². The highest BCUT2D eigenvalue weighted by Crippen LogP contribution is 2.32. The van der Waals surface area contributed by atoms with Gasteiger partial charge in [0.25, 0.3) is 0 Å². The van der Waals surface area contributed by atoms with Crippen molar-refractivity contribution in [3.63, 3.8) is 0 Å². The topological polar surface area (TPSA) is 60.8 Å². The van der Waals surface area contributed by atoms with Gasteiger partial charge in [0.15, 0.2) is 5.65 Å². The van der Waals surface area contributed by atoms with Crippen LogP contribution in [0.2, 0.25) is 5.02 Å². The molecule has 1 saturated heterocycles. The van der Waals surface area contributed by atoms with Gasteiger partial charge in [-0.3, -0.25) is 0 Å². The monoisotopic (exact) mass is 426 g/mol. The van der Waals surface area contributed by atoms with E-state index < -0.39 is 18.4 Å². The van der Waals surface area contributed by atoms with Crippen molar-refractivity contribution >= 4 is 22.8 Å². The Morgan fingerprint density at radius 1 is 1.10 bits per heavy atom. The predicted octanol–water partition coefficient (Wildman–Crippen LogP) is 4.88. The third-order valence-corrected chi connectivity index (χ3v) is 4.86. The molecule has 3 heterocycles. The van der Waals surface area contributed by atoms with Crippen LogP contribution in [0.15, 0.2) is 24.4 Å². The number of alkyl halides is 3. The average Bonchev–Trinajstić information content (AvgIpc) is 2.66. The molecule has 1 fully saturated rings. The van der Waals surface area contributed by atoms with E-state index in [1.807, 2.05) is 0 Å². The lowest BCUT2D eigenvalue weighted by Crippen LogP contribution is -2.18. The van der Waals surface area contributed by atoms with Crippen LogP contribution in [0.1, 0.15) is 30.3 Å². The van der Waals surface area contributed by atoms with Crippen molar-refractivity contribution in [3.05, 3.63) is 46.8 Å². The third-order valence-electron chi connectivity index (χ3n) is 4.63. The second kappa shape index (κ2) is 7.79. The van der Waals surface area contributed by atoms with Gasteiger partial charge in [0.1, 0.15) is 22.9 Å². The second-order valence-electron chi connectivity index (χ2n) is 6.77. The Balaban J connectivity index is 1.89. The number of halogens is 5. The fraction of sp³-hybridized carbons (Fsp3) is 0.368. The summed E-state index contributed by atoms with van der Waals surface area (Å²) in [5, 5.41) is 0.216. The zero-order chi connectivity index (χ0) is 20.6. The van der Waals surface area contributed by atoms with Crippen LogP contribution >= 0.6 is 11.6 Å². The predicted molar refractivity (Wildman–Crippen MR) is 98.1 cm³/mol. The van der Waals surface area contributed by atoms with Crippen LogP contribution in [0.5, 0.6) is 0 Å². The van der Waals surface area contributed by atoms with Gasteiger partial charge in [0.2, 0.25) is 0 Å². The van der Waals surface area contributed by atoms with E-state index in [-0.39, 0.29) is 39.1 Å². The SMILES string of the molecule is Fc1cc(Cl)ccc1-c1nc(C2CCOCC2)nc2nc(CC(F)(F)F)cnc12. The first-order chi connectivity index (χ1) is 13.8. The van der Waals surface area contributed by atoms with Crippen LogP contribution in [-0.2, 0) is 11.2 Å². The molecule has 0 atom stereocenters. The smallest absolute Gasteiger partial charge is 0.381 e. The van der Waals surface area contributed by atoms with Gasteiger partial charge >= 0.3 is 6.18 Å². The van der Waals surface area contributed by atoms with Gasteiger partial charge in [0.05, 0.1) is 12.1 Å². The largest absolute Gasteiger partial charge is 0.394 e. The molecule has 0 unspecified atom stereocenters. The van der Waals surface area contributed by atoms with Crippen molar-refractivity contribution in [2.75, 3.05) is 13.2 Å². The second-order valence-corrected chi connectivity index (χ2v) is 7.20. The van der Waals surface area contributed by atoms with Gasteiger partial charge < -0.3 is 4.74 Å². The van der Waals surface area contributed by atoms with E-state index in [4.69, 9.17) is 16.3 Å². The number of ether oxygens (including phenoxy) is 1. The Morgan fingerprint density at radius 2 is 1.86 bits per heavy atom. The molecule has 0 radical (unpaired) electrons. The Hall–Kier alpha value is -2.39. The summed E-state index contributed by atoms with van der Waals surface area (Å²) < 4.78 is 58.2. The highest BCUT2D eigenvalue weighted by Gasteiger charge is 2.29. The summed E-state index contributed by atoms with van der Waals surface area (Å²) in [6, 6.07) is 4.11. The van der Waals surface area contributed by atoms with E-state index >= 15 is 0 Å². The first kappa shape index (κ1) is 19.9. The van der Waals surface area contributed by atoms with Gasteiger partial charge in [-0.15, -0.1) is 0 Å². The summed E-state index contributed by atoms with van der Waals surface area (Å²) in [5.74, 6) is -0.282. The van der Waals surface area contributed by atoms with Crippen molar-refractivity contribution in [2.24, 2.45) is 0 Å². The standard InChI is InChI=1S/C19H15ClF4N4O/c20-11-1-2-13(14(21)7-11)15-16-18(26-12(9-25-16)8-19(22,23)24)28-17(27-15)10-3-5-29-6-4-10/h1-2,7,9-10H,3-6,8H2. The average molecular weight is 427 g/mol. The van der Waals surface area contributed by atoms with Crippen LogP contribution < -0.4 is 0 Å². The van der Waals surface area contributed by atoms with Crippen molar-refractivity contribution < 1.29 is 22.3 Å². The Morgan fingerprint density at radius 3 is 2.55 bits per heavy atom. The summed E-state index contributed by atoms with van der Waals surface area (Å²) in [7, 11) is 0. The lowest BCUT2D eigenvalue weighted by molar-refractivity contribution is -0.127. The fourth-order valence-corrected chi connectivity index (χ4v) is 3.42. The molecule has 0 aliphatic carbocycles. The maximum atomic E-state index is 14.6. The first-order valence-electron chi connectivity index (χ1n) is 8.93. The van der Waals surface area contributed by atoms with Gasteiger partial charge in [-0.25, -0.2) is 24.3 Å². The quantitative estimate of drug-likeness (QED) is 0.559. The maximum absolute atomic E-state index is 14.6. The molecule has 0 bridgehead atoms. The highest BCUT2D eigenvalue weighted by molar-refractivity contribution is 6.30. The van der Waals surface area contributed by atoms with E-state index in [9.17, 15) is 17.6 Å². The number of hydrogen-bond acceptors (Lipinski definition) is 5. The van der Waals surface area contributed by atoms with Crippen molar-refractivity contribution in [1.29, 1.82) is 0 Å². The molecule has 2 aromatic heterocycles. The van der Waals surface area contributed by atoms with Crippen LogP contribution in [-0.4, -0.2) is 39.3 Å². The molecule has 0 saturated carbocycles. The minimum absolute atomic E-state index is 0.00703. The molecule has 152 valence electrons. The number of rotatable bonds is 3. The molecule has 5 nitrogen and oxygen atoms in total. The molecule has 1 aliphatic heterocycles. The minimum Gasteiger partial charge on any atom is -0.381 e. The Bertz CT molecular complexity index is 1050. The van der Waals surface area contributed by atoms with Crippen LogP contribution in [0.4, 0.5) is 17.6 Å². The van der Waals surface area contributed by atoms with Crippen molar-refractivity contribution in [3.8, 4) is 11.3 Å². The zero-order valence-corrected chi connectivity index (χ0v) is 15.8. The summed E-state index contributed by atoms with van der Waals surface area (Å²) >= 11 is 5.84. The number of hydrogen-bond donors (Lipinski definition) is 0. The molecule has 10 heteroatoms. The van der Waals surface area contributed by atoms with Crippen LogP contribution in [0.25, 0.3) is 22.4 Å². The van der Waals surface area contributed by atoms with Gasteiger partial charge in [-0.2, -0.15) is 13.2 Å². The highest BCUT2D eigenvalue weighted by atomic mass is 35.5. The molecule has 0 N–H and O–H groups in total. The van der Waals surface area contributed by atoms with Crippen LogP contribution in [0, 0.1) is 5.82 Å². The molecule has 4 rings (SSSR count). The molecular formula is C19H15ClF4N4O. The van der Waals surface area contributed by atoms with Crippen molar-refractivity contribution in [2.45, 2.75) is 31.4 Å². The van der Waals surface area contributed by atoms with E-state index in [2.05, 4.69) is 19.9 Å². The van der Waals surface area contributed by atoms with E-state index in [1.165, 1.54) is 12.1 Å². The molecule has 3 aromatic rings. The van der Waals surface area contributed by atoms with Gasteiger partial charge in [0, 0.05) is 35.9 Å². The molecule has 1 aromatic carbocycles. The lowest BCUT2D eigenvalue weighted by atomic mass is 9.99. The summed E-state index contributed by atoms with van der Waals surface area (Å²) in [4.78, 5) is 17.0. The summed E-state index contributed by atoms with van der Waals surface area (Å²) in [6.07, 6.45) is -3.32. The number of fused-ring (bicyclic) bond motifs is 1. The number of nitrogens with zero attached hydrogens (tertiary/aromatic N) is 4. The van der Waals surface area contributed by atoms with Gasteiger partial charge in [-0.05, 0) is 31.0 Å². The van der Waals surface area contributed by atoms with E-state index in [0.717, 1.165) is 12.3 Å². The molecule has 29 heavy (non-hydrogen) atoms. The summed E-state index contributed by atoms with van der Waals surface area (Å²) in [5.41, 5.74) is 0.189. The fourth-order valence-electron chi connectivity index (χ4n) is 3.26. The number of benzene rings is 1. The van der Waals surface area contributed by atoms with Gasteiger partial charge in [-0.1, -0.05) is 11.6 Å². The lowest BCUT2D eigenvalue weighted by Gasteiger charge is -2.21. The van der Waals surface area contributed by atoms with E-state index in [1.54, 1.807) is 0 Å². The Labute approximate surface area is 168 Å². The van der Waals surface area contributed by atoms with E-state index in [0.29, 0.717) is 31.9 Å². The summed E-state index contributed by atoms with van der Waals surface area (Å²) in [6.45, 7) is 1.05. The Kier molecular flexibility index (Phi) is 5.35. The molecule has 0 amide bonds. The molecular weight excluding hydrogens is 412 g/mol. The first-order valence-corrected chi connectivity index (χ1v) is 9.31. The molecule has 0 spiro atoms. The number of aromatic nitrogens is 4. The minimum atomic E-state index is -4.43. The normalized spacial score (nSPS) is 15.8. The molecule has 1 aliphatic rings. The third kappa shape index (κ3) is 4.45. The zero-order valence-electron chi connectivity index (χ0n) is 15.0.